The molecule has 32 heavy (non-hydrogen) atoms. The Morgan fingerprint density at radius 2 is 1.59 bits per heavy atom. The molecule has 0 saturated heterocycles. The summed E-state index contributed by atoms with van der Waals surface area (Å²) in [6.07, 6.45) is 5.80. The average Bonchev–Trinajstić information content (AvgIpc) is 3.40. The molecule has 5 nitrogen and oxygen atoms in total. The van der Waals surface area contributed by atoms with Crippen LogP contribution in [0.5, 0.6) is 0 Å². The van der Waals surface area contributed by atoms with Crippen molar-refractivity contribution in [3.63, 3.8) is 0 Å². The van der Waals surface area contributed by atoms with E-state index in [9.17, 15) is 0 Å². The Balaban J connectivity index is 1.45. The minimum absolute atomic E-state index is 0.921. The Labute approximate surface area is 184 Å². The van der Waals surface area contributed by atoms with Crippen LogP contribution >= 0.6 is 0 Å². The smallest absolute Gasteiger partial charge is 0.104 e. The molecule has 0 bridgehead atoms. The molecule has 0 atom stereocenters. The number of nitrogens with zero attached hydrogens (tertiary/aromatic N) is 3. The van der Waals surface area contributed by atoms with Gasteiger partial charge >= 0.3 is 0 Å². The molecule has 6 aromatic rings. The van der Waals surface area contributed by atoms with Crippen molar-refractivity contribution in [3.05, 3.63) is 77.8 Å². The molecule has 0 fully saturated rings. The third-order valence-corrected chi connectivity index (χ3v) is 6.71. The van der Waals surface area contributed by atoms with Gasteiger partial charge in [-0.2, -0.15) is 0 Å². The van der Waals surface area contributed by atoms with E-state index < -0.39 is 0 Å². The van der Waals surface area contributed by atoms with E-state index >= 15 is 0 Å². The van der Waals surface area contributed by atoms with Crippen molar-refractivity contribution in [3.8, 4) is 22.4 Å². The van der Waals surface area contributed by atoms with Crippen molar-refractivity contribution in [2.24, 2.45) is 0 Å². The number of rotatable bonds is 1. The summed E-state index contributed by atoms with van der Waals surface area (Å²) in [5.41, 5.74) is 9.57. The molecule has 1 aliphatic rings. The van der Waals surface area contributed by atoms with Crippen LogP contribution in [0.4, 0.5) is 0 Å². The molecule has 154 valence electrons. The Morgan fingerprint density at radius 3 is 2.53 bits per heavy atom. The topological polar surface area (TPSA) is 70.2 Å². The lowest BCUT2D eigenvalue weighted by atomic mass is 9.89. The molecule has 0 spiro atoms. The minimum Gasteiger partial charge on any atom is -0.342 e. The fourth-order valence-corrected chi connectivity index (χ4v) is 5.28. The van der Waals surface area contributed by atoms with E-state index in [1.807, 2.05) is 26.2 Å². The lowest BCUT2D eigenvalue weighted by Gasteiger charge is -2.17. The van der Waals surface area contributed by atoms with E-state index in [4.69, 9.17) is 4.98 Å². The van der Waals surface area contributed by atoms with Crippen LogP contribution in [0.2, 0.25) is 0 Å². The third-order valence-electron chi connectivity index (χ3n) is 6.71. The number of hydrogen-bond donors (Lipinski definition) is 2. The Morgan fingerprint density at radius 1 is 0.750 bits per heavy atom. The largest absolute Gasteiger partial charge is 0.342 e. The van der Waals surface area contributed by atoms with Gasteiger partial charge in [0, 0.05) is 28.7 Å². The number of H-pyrrole nitrogens is 2. The molecule has 0 radical (unpaired) electrons. The average molecular weight is 416 g/mol. The first-order valence-corrected chi connectivity index (χ1v) is 11.0. The van der Waals surface area contributed by atoms with Crippen molar-refractivity contribution in [1.29, 1.82) is 0 Å². The molecule has 0 saturated carbocycles. The number of benzene rings is 3. The fourth-order valence-electron chi connectivity index (χ4n) is 5.28. The van der Waals surface area contributed by atoms with Crippen LogP contribution < -0.4 is 0 Å². The summed E-state index contributed by atoms with van der Waals surface area (Å²) in [4.78, 5) is 20.7. The second-order valence-corrected chi connectivity index (χ2v) is 8.74. The summed E-state index contributed by atoms with van der Waals surface area (Å²) in [6.45, 7) is 4.03. The van der Waals surface area contributed by atoms with Crippen LogP contribution in [0.15, 0.2) is 54.9 Å². The zero-order chi connectivity index (χ0) is 21.4. The molecule has 7 rings (SSSR count). The van der Waals surface area contributed by atoms with Crippen molar-refractivity contribution >= 4 is 32.6 Å². The van der Waals surface area contributed by atoms with E-state index in [-0.39, 0.29) is 0 Å². The number of imidazole rings is 2. The number of hydrogen-bond acceptors (Lipinski definition) is 3. The first-order chi connectivity index (χ1) is 15.7. The number of nitrogens with one attached hydrogen (secondary N) is 2. The van der Waals surface area contributed by atoms with Crippen LogP contribution in [0, 0.1) is 13.8 Å². The Bertz CT molecular complexity index is 1700. The number of aryl methyl sites for hydroxylation is 4. The van der Waals surface area contributed by atoms with E-state index in [2.05, 4.69) is 62.4 Å². The van der Waals surface area contributed by atoms with Gasteiger partial charge in [-0.15, -0.1) is 0 Å². The van der Waals surface area contributed by atoms with Crippen LogP contribution in [0.1, 0.15) is 22.9 Å². The highest BCUT2D eigenvalue weighted by Crippen LogP contribution is 2.38. The van der Waals surface area contributed by atoms with Gasteiger partial charge in [0.15, 0.2) is 0 Å². The second kappa shape index (κ2) is 6.26. The van der Waals surface area contributed by atoms with Crippen LogP contribution in [-0.4, -0.2) is 24.9 Å². The summed E-state index contributed by atoms with van der Waals surface area (Å²) < 4.78 is 0. The monoisotopic (exact) mass is 415 g/mol. The lowest BCUT2D eigenvalue weighted by molar-refractivity contribution is 0.905. The maximum absolute atomic E-state index is 4.74. The first-order valence-electron chi connectivity index (χ1n) is 11.0. The minimum atomic E-state index is 0.921. The van der Waals surface area contributed by atoms with Crippen molar-refractivity contribution < 1.29 is 0 Å². The summed E-state index contributed by atoms with van der Waals surface area (Å²) >= 11 is 0. The van der Waals surface area contributed by atoms with Crippen molar-refractivity contribution in [2.75, 3.05) is 0 Å². The zero-order valence-corrected chi connectivity index (χ0v) is 18.0. The summed E-state index contributed by atoms with van der Waals surface area (Å²) in [6, 6.07) is 15.7. The predicted octanol–water partition coefficient (Wildman–Crippen LogP) is 6.04. The first kappa shape index (κ1) is 17.7. The van der Waals surface area contributed by atoms with Gasteiger partial charge in [-0.25, -0.2) is 9.97 Å². The van der Waals surface area contributed by atoms with E-state index in [0.717, 1.165) is 40.9 Å². The zero-order valence-electron chi connectivity index (χ0n) is 18.0. The van der Waals surface area contributed by atoms with E-state index in [1.54, 1.807) is 0 Å². The van der Waals surface area contributed by atoms with E-state index in [0.29, 0.717) is 0 Å². The van der Waals surface area contributed by atoms with Crippen molar-refractivity contribution in [1.82, 2.24) is 24.9 Å². The molecular formula is C27H21N5. The van der Waals surface area contributed by atoms with Crippen LogP contribution in [-0.2, 0) is 12.8 Å². The standard InChI is InChI=1S/C27H21N5/c1-14-29-24-8-5-18-11-16(3-6-19(18)25(24)30-14)17-4-7-21-22(12-17)20-9-10-28-13-23(20)27-26(21)31-15(2)32-27/h3-4,6-7,9-13H,5,8H2,1-2H3,(H,29,30)(H,31,32). The molecule has 0 aliphatic heterocycles. The molecule has 2 N–H and O–H groups in total. The maximum atomic E-state index is 4.74. The summed E-state index contributed by atoms with van der Waals surface area (Å²) in [7, 11) is 0. The highest BCUT2D eigenvalue weighted by atomic mass is 14.9. The molecular weight excluding hydrogens is 394 g/mol. The summed E-state index contributed by atoms with van der Waals surface area (Å²) in [5, 5.41) is 4.69. The van der Waals surface area contributed by atoms with Gasteiger partial charge in [0.2, 0.25) is 0 Å². The molecule has 5 heteroatoms. The molecule has 3 heterocycles. The van der Waals surface area contributed by atoms with Crippen LogP contribution in [0.3, 0.4) is 0 Å². The quantitative estimate of drug-likeness (QED) is 0.322. The molecule has 3 aromatic carbocycles. The van der Waals surface area contributed by atoms with Gasteiger partial charge in [0.25, 0.3) is 0 Å². The molecule has 0 unspecified atom stereocenters. The molecule has 3 aromatic heterocycles. The van der Waals surface area contributed by atoms with Crippen LogP contribution in [0.25, 0.3) is 55.0 Å². The molecule has 0 amide bonds. The Kier molecular flexibility index (Phi) is 3.46. The number of aromatic nitrogens is 5. The second-order valence-electron chi connectivity index (χ2n) is 8.74. The van der Waals surface area contributed by atoms with Gasteiger partial charge in [-0.05, 0) is 66.3 Å². The lowest BCUT2D eigenvalue weighted by Crippen LogP contribution is -2.03. The number of fused-ring (bicyclic) bond motifs is 9. The molecule has 1 aliphatic carbocycles. The summed E-state index contributed by atoms with van der Waals surface area (Å²) in [5.74, 6) is 1.91. The van der Waals surface area contributed by atoms with Gasteiger partial charge in [0.05, 0.1) is 22.4 Å². The predicted molar refractivity (Wildman–Crippen MR) is 129 cm³/mol. The Hall–Kier alpha value is -3.99. The van der Waals surface area contributed by atoms with Gasteiger partial charge in [0.1, 0.15) is 11.6 Å². The highest BCUT2D eigenvalue weighted by Gasteiger charge is 2.20. The number of aromatic amines is 2. The maximum Gasteiger partial charge on any atom is 0.104 e. The normalized spacial score (nSPS) is 13.1. The SMILES string of the molecule is Cc1nc2c([nH]1)-c1ccc(-c3ccc4c(c3)c3ccncc3c3nc(C)[nH]c43)cc1CC2. The third kappa shape index (κ3) is 2.42. The van der Waals surface area contributed by atoms with Gasteiger partial charge in [-0.3, -0.25) is 4.98 Å². The fraction of sp³-hybridized carbons (Fsp3) is 0.148. The van der Waals surface area contributed by atoms with E-state index in [1.165, 1.54) is 49.8 Å². The number of pyridine rings is 1. The van der Waals surface area contributed by atoms with Gasteiger partial charge < -0.3 is 9.97 Å². The van der Waals surface area contributed by atoms with Gasteiger partial charge in [-0.1, -0.05) is 30.3 Å². The van der Waals surface area contributed by atoms with Crippen molar-refractivity contribution in [2.45, 2.75) is 26.7 Å². The highest BCUT2D eigenvalue weighted by molar-refractivity contribution is 6.23.